The summed E-state index contributed by atoms with van der Waals surface area (Å²) in [6, 6.07) is 22.1. The van der Waals surface area contributed by atoms with Crippen LogP contribution in [0.3, 0.4) is 0 Å². The number of hydrogen-bond donors (Lipinski definition) is 0. The molecule has 3 aromatic carbocycles. The Morgan fingerprint density at radius 2 is 1.79 bits per heavy atom. The summed E-state index contributed by atoms with van der Waals surface area (Å²) >= 11 is 1.44. The normalized spacial score (nSPS) is 12.1. The van der Waals surface area contributed by atoms with Crippen molar-refractivity contribution >= 4 is 28.5 Å². The number of rotatable bonds is 6. The molecule has 29 heavy (non-hydrogen) atoms. The number of nitrogens with zero attached hydrogens (tertiary/aromatic N) is 2. The van der Waals surface area contributed by atoms with Crippen molar-refractivity contribution in [2.24, 2.45) is 0 Å². The molecule has 0 fully saturated rings. The Morgan fingerprint density at radius 1 is 1.03 bits per heavy atom. The molecular weight excluding hydrogens is 384 g/mol. The predicted molar refractivity (Wildman–Crippen MR) is 114 cm³/mol. The number of aryl methyl sites for hydroxylation is 1. The van der Waals surface area contributed by atoms with Gasteiger partial charge in [0, 0.05) is 10.5 Å². The molecule has 0 aliphatic heterocycles. The Hall–Kier alpha value is -3.12. The van der Waals surface area contributed by atoms with Crippen molar-refractivity contribution in [2.45, 2.75) is 24.8 Å². The van der Waals surface area contributed by atoms with Crippen LogP contribution in [0.1, 0.15) is 24.5 Å². The fourth-order valence-corrected chi connectivity index (χ4v) is 3.62. The number of thioether (sulfide) groups is 1. The SMILES string of the molecule is Cc1ccc(-c2nnc([C@@H](C)OC(=O)CSc3ccc4ccccc4c3)o2)cc1. The summed E-state index contributed by atoms with van der Waals surface area (Å²) in [6.07, 6.45) is -0.605. The van der Waals surface area contributed by atoms with Crippen LogP contribution in [0.15, 0.2) is 76.0 Å². The third-order valence-electron chi connectivity index (χ3n) is 4.47. The lowest BCUT2D eigenvalue weighted by Gasteiger charge is -2.09. The van der Waals surface area contributed by atoms with Crippen LogP contribution in [0, 0.1) is 6.92 Å². The van der Waals surface area contributed by atoms with E-state index in [2.05, 4.69) is 34.5 Å². The highest BCUT2D eigenvalue weighted by Gasteiger charge is 2.19. The van der Waals surface area contributed by atoms with E-state index in [4.69, 9.17) is 9.15 Å². The number of benzene rings is 3. The molecule has 0 bridgehead atoms. The van der Waals surface area contributed by atoms with Gasteiger partial charge in [-0.2, -0.15) is 0 Å². The quantitative estimate of drug-likeness (QED) is 0.308. The van der Waals surface area contributed by atoms with Crippen molar-refractivity contribution in [3.05, 3.63) is 78.2 Å². The minimum atomic E-state index is -0.605. The zero-order chi connectivity index (χ0) is 20.2. The molecule has 0 N–H and O–H groups in total. The molecule has 4 rings (SSSR count). The van der Waals surface area contributed by atoms with Crippen molar-refractivity contribution in [1.82, 2.24) is 10.2 Å². The number of ether oxygens (including phenoxy) is 1. The van der Waals surface area contributed by atoms with E-state index in [1.165, 1.54) is 17.1 Å². The molecule has 0 aliphatic rings. The summed E-state index contributed by atoms with van der Waals surface area (Å²) in [4.78, 5) is 13.3. The molecule has 0 amide bonds. The van der Waals surface area contributed by atoms with E-state index in [0.717, 1.165) is 21.4 Å². The first-order valence-corrected chi connectivity index (χ1v) is 10.3. The zero-order valence-corrected chi connectivity index (χ0v) is 17.0. The predicted octanol–water partition coefficient (Wildman–Crippen LogP) is 5.59. The van der Waals surface area contributed by atoms with Crippen LogP contribution in [0.25, 0.3) is 22.2 Å². The van der Waals surface area contributed by atoms with E-state index < -0.39 is 6.10 Å². The second-order valence-electron chi connectivity index (χ2n) is 6.74. The summed E-state index contributed by atoms with van der Waals surface area (Å²) in [5.74, 6) is 0.575. The molecule has 0 unspecified atom stereocenters. The van der Waals surface area contributed by atoms with E-state index in [0.29, 0.717) is 5.89 Å². The Balaban J connectivity index is 1.35. The number of carbonyl (C=O) groups is 1. The fourth-order valence-electron chi connectivity index (χ4n) is 2.89. The maximum atomic E-state index is 12.2. The average Bonchev–Trinajstić information content (AvgIpc) is 3.23. The van der Waals surface area contributed by atoms with Crippen molar-refractivity contribution in [3.8, 4) is 11.5 Å². The number of fused-ring (bicyclic) bond motifs is 1. The molecule has 4 aromatic rings. The molecular formula is C23H20N2O3S. The lowest BCUT2D eigenvalue weighted by molar-refractivity contribution is -0.146. The van der Waals surface area contributed by atoms with E-state index >= 15 is 0 Å². The summed E-state index contributed by atoms with van der Waals surface area (Å²) in [7, 11) is 0. The van der Waals surface area contributed by atoms with Crippen LogP contribution in [-0.2, 0) is 9.53 Å². The van der Waals surface area contributed by atoms with Gasteiger partial charge in [0.25, 0.3) is 5.89 Å². The smallest absolute Gasteiger partial charge is 0.317 e. The van der Waals surface area contributed by atoms with Crippen molar-refractivity contribution < 1.29 is 13.9 Å². The van der Waals surface area contributed by atoms with Crippen LogP contribution < -0.4 is 0 Å². The van der Waals surface area contributed by atoms with E-state index in [9.17, 15) is 4.79 Å². The largest absolute Gasteiger partial charge is 0.452 e. The Morgan fingerprint density at radius 3 is 2.59 bits per heavy atom. The molecule has 146 valence electrons. The molecule has 1 heterocycles. The first-order valence-electron chi connectivity index (χ1n) is 9.30. The maximum absolute atomic E-state index is 12.2. The van der Waals surface area contributed by atoms with Gasteiger partial charge < -0.3 is 9.15 Å². The first-order chi connectivity index (χ1) is 14.1. The molecule has 1 aromatic heterocycles. The van der Waals surface area contributed by atoms with E-state index in [1.54, 1.807) is 6.92 Å². The van der Waals surface area contributed by atoms with Crippen molar-refractivity contribution in [2.75, 3.05) is 5.75 Å². The second kappa shape index (κ2) is 8.49. The Labute approximate surface area is 173 Å². The highest BCUT2D eigenvalue weighted by atomic mass is 32.2. The molecule has 0 saturated carbocycles. The van der Waals surface area contributed by atoms with Gasteiger partial charge in [-0.05, 0) is 48.9 Å². The highest BCUT2D eigenvalue weighted by molar-refractivity contribution is 8.00. The topological polar surface area (TPSA) is 65.2 Å². The summed E-state index contributed by atoms with van der Waals surface area (Å²) in [5.41, 5.74) is 1.99. The minimum absolute atomic E-state index is 0.210. The van der Waals surface area contributed by atoms with Crippen LogP contribution in [0.5, 0.6) is 0 Å². The maximum Gasteiger partial charge on any atom is 0.317 e. The second-order valence-corrected chi connectivity index (χ2v) is 7.79. The Bertz CT molecular complexity index is 1140. The minimum Gasteiger partial charge on any atom is -0.452 e. The molecule has 1 atom stereocenters. The average molecular weight is 404 g/mol. The third-order valence-corrected chi connectivity index (χ3v) is 5.44. The summed E-state index contributed by atoms with van der Waals surface area (Å²) < 4.78 is 11.1. The van der Waals surface area contributed by atoms with Gasteiger partial charge in [-0.25, -0.2) is 0 Å². The Kier molecular flexibility index (Phi) is 5.62. The lowest BCUT2D eigenvalue weighted by Crippen LogP contribution is -2.11. The van der Waals surface area contributed by atoms with E-state index in [-0.39, 0.29) is 17.6 Å². The molecule has 5 nitrogen and oxygen atoms in total. The molecule has 0 aliphatic carbocycles. The number of esters is 1. The third kappa shape index (κ3) is 4.66. The molecule has 6 heteroatoms. The fraction of sp³-hybridized carbons (Fsp3) is 0.174. The number of carbonyl (C=O) groups excluding carboxylic acids is 1. The van der Waals surface area contributed by atoms with Crippen molar-refractivity contribution in [3.63, 3.8) is 0 Å². The van der Waals surface area contributed by atoms with Gasteiger partial charge in [-0.3, -0.25) is 4.79 Å². The van der Waals surface area contributed by atoms with Crippen LogP contribution >= 0.6 is 11.8 Å². The van der Waals surface area contributed by atoms with Gasteiger partial charge in [0.1, 0.15) is 0 Å². The van der Waals surface area contributed by atoms with Crippen LogP contribution in [0.2, 0.25) is 0 Å². The molecule has 0 radical (unpaired) electrons. The monoisotopic (exact) mass is 404 g/mol. The van der Waals surface area contributed by atoms with E-state index in [1.807, 2.05) is 49.4 Å². The lowest BCUT2D eigenvalue weighted by atomic mass is 10.1. The van der Waals surface area contributed by atoms with Gasteiger partial charge in [0.2, 0.25) is 5.89 Å². The number of hydrogen-bond acceptors (Lipinski definition) is 6. The van der Waals surface area contributed by atoms with Crippen LogP contribution in [-0.4, -0.2) is 21.9 Å². The highest BCUT2D eigenvalue weighted by Crippen LogP contribution is 2.26. The molecule has 0 spiro atoms. The van der Waals surface area contributed by atoms with Crippen LogP contribution in [0.4, 0.5) is 0 Å². The zero-order valence-electron chi connectivity index (χ0n) is 16.2. The van der Waals surface area contributed by atoms with Crippen molar-refractivity contribution in [1.29, 1.82) is 0 Å². The first kappa shape index (κ1) is 19.2. The summed E-state index contributed by atoms with van der Waals surface area (Å²) in [6.45, 7) is 3.74. The van der Waals surface area contributed by atoms with Gasteiger partial charge in [-0.1, -0.05) is 48.0 Å². The van der Waals surface area contributed by atoms with Gasteiger partial charge in [-0.15, -0.1) is 22.0 Å². The summed E-state index contributed by atoms with van der Waals surface area (Å²) in [5, 5.41) is 10.4. The van der Waals surface area contributed by atoms with Gasteiger partial charge in [0.15, 0.2) is 6.10 Å². The molecule has 0 saturated heterocycles. The van der Waals surface area contributed by atoms with Gasteiger partial charge in [0.05, 0.1) is 5.75 Å². The number of aromatic nitrogens is 2. The standard InChI is InChI=1S/C23H20N2O3S/c1-15-7-9-18(10-8-15)23-25-24-22(28-23)16(2)27-21(26)14-29-20-12-11-17-5-3-4-6-19(17)13-20/h3-13,16H,14H2,1-2H3/t16-/m1/s1. The van der Waals surface area contributed by atoms with Gasteiger partial charge >= 0.3 is 5.97 Å².